The summed E-state index contributed by atoms with van der Waals surface area (Å²) in [5, 5.41) is 0. The van der Waals surface area contributed by atoms with Gasteiger partial charge in [0.2, 0.25) is 0 Å². The van der Waals surface area contributed by atoms with Gasteiger partial charge in [-0.05, 0) is 107 Å². The monoisotopic (exact) mass is 675 g/mol. The van der Waals surface area contributed by atoms with Crippen molar-refractivity contribution in [2.24, 2.45) is 0 Å². The van der Waals surface area contributed by atoms with Gasteiger partial charge in [-0.1, -0.05) is 125 Å². The minimum absolute atomic E-state index is 0.0312. The Kier molecular flexibility index (Phi) is 6.75. The van der Waals surface area contributed by atoms with Crippen LogP contribution in [0.25, 0.3) is 0 Å². The van der Waals surface area contributed by atoms with Gasteiger partial charge in [0.25, 0.3) is 6.71 Å². The van der Waals surface area contributed by atoms with Crippen LogP contribution in [-0.2, 0) is 10.8 Å². The van der Waals surface area contributed by atoms with Crippen LogP contribution in [0, 0.1) is 0 Å². The average Bonchev–Trinajstić information content (AvgIpc) is 3.37. The van der Waals surface area contributed by atoms with Gasteiger partial charge < -0.3 is 14.7 Å². The Balaban J connectivity index is 1.36. The van der Waals surface area contributed by atoms with E-state index in [1.54, 1.807) is 5.56 Å². The van der Waals surface area contributed by atoms with Crippen LogP contribution in [0.15, 0.2) is 140 Å². The summed E-state index contributed by atoms with van der Waals surface area (Å²) in [6, 6.07) is 52.2. The average molecular weight is 676 g/mol. The molecule has 1 saturated carbocycles. The fourth-order valence-corrected chi connectivity index (χ4v) is 10.3. The van der Waals surface area contributed by atoms with E-state index in [4.69, 9.17) is 0 Å². The zero-order valence-corrected chi connectivity index (χ0v) is 31.0. The molecular formula is C48H46BN3. The van der Waals surface area contributed by atoms with Crippen molar-refractivity contribution in [3.8, 4) is 0 Å². The van der Waals surface area contributed by atoms with E-state index in [-0.39, 0.29) is 23.1 Å². The normalized spacial score (nSPS) is 20.9. The zero-order chi connectivity index (χ0) is 35.4. The first-order valence-corrected chi connectivity index (χ1v) is 19.2. The maximum atomic E-state index is 2.85. The molecule has 0 spiro atoms. The van der Waals surface area contributed by atoms with E-state index >= 15 is 0 Å². The molecule has 3 aliphatic heterocycles. The molecule has 2 unspecified atom stereocenters. The summed E-state index contributed by atoms with van der Waals surface area (Å²) >= 11 is 0. The van der Waals surface area contributed by atoms with Crippen molar-refractivity contribution in [1.82, 2.24) is 0 Å². The number of benzene rings is 6. The van der Waals surface area contributed by atoms with Crippen LogP contribution in [0.4, 0.5) is 45.5 Å². The summed E-state index contributed by atoms with van der Waals surface area (Å²) in [6.07, 6.45) is 4.91. The maximum absolute atomic E-state index is 2.85. The first kappa shape index (κ1) is 31.5. The fourth-order valence-electron chi connectivity index (χ4n) is 10.3. The van der Waals surface area contributed by atoms with Crippen LogP contribution in [0.3, 0.4) is 0 Å². The van der Waals surface area contributed by atoms with Crippen molar-refractivity contribution in [1.29, 1.82) is 0 Å². The van der Waals surface area contributed by atoms with E-state index in [0.29, 0.717) is 0 Å². The van der Waals surface area contributed by atoms with E-state index in [0.717, 1.165) is 11.4 Å². The van der Waals surface area contributed by atoms with E-state index in [1.807, 2.05) is 0 Å². The number of nitrogens with zero attached hydrogens (tertiary/aromatic N) is 3. The Bertz CT molecular complexity index is 2310. The molecular weight excluding hydrogens is 629 g/mol. The van der Waals surface area contributed by atoms with Gasteiger partial charge in [-0.2, -0.15) is 0 Å². The van der Waals surface area contributed by atoms with Crippen molar-refractivity contribution in [2.75, 3.05) is 14.7 Å². The molecule has 2 atom stereocenters. The smallest absolute Gasteiger partial charge is 0.252 e. The van der Waals surface area contributed by atoms with Gasteiger partial charge in [-0.3, -0.25) is 0 Å². The van der Waals surface area contributed by atoms with Crippen molar-refractivity contribution in [2.45, 2.75) is 76.7 Å². The molecule has 0 N–H and O–H groups in total. The molecule has 4 heteroatoms. The third-order valence-electron chi connectivity index (χ3n) is 13.1. The lowest BCUT2D eigenvalue weighted by Gasteiger charge is -2.53. The SMILES string of the molecule is CC(C)(C)c1cc2c3c(c1)C1(C)CCCCC1(C)N3c1cc(N(c3ccccc3)c3ccccc3)cc3c1B2c1ccccc1N3c1ccccc1. The number of fused-ring (bicyclic) bond motifs is 7. The molecule has 0 saturated heterocycles. The molecule has 0 radical (unpaired) electrons. The minimum Gasteiger partial charge on any atom is -0.335 e. The molecule has 0 aromatic heterocycles. The van der Waals surface area contributed by atoms with E-state index in [2.05, 4.69) is 189 Å². The highest BCUT2D eigenvalue weighted by Crippen LogP contribution is 2.62. The van der Waals surface area contributed by atoms with Gasteiger partial charge in [-0.15, -0.1) is 0 Å². The summed E-state index contributed by atoms with van der Waals surface area (Å²) in [7, 11) is 0. The van der Waals surface area contributed by atoms with E-state index in [1.165, 1.54) is 81.8 Å². The molecule has 52 heavy (non-hydrogen) atoms. The van der Waals surface area contributed by atoms with Crippen LogP contribution in [0.2, 0.25) is 0 Å². The lowest BCUT2D eigenvalue weighted by atomic mass is 9.33. The molecule has 6 aromatic rings. The molecule has 3 nitrogen and oxygen atoms in total. The van der Waals surface area contributed by atoms with Crippen LogP contribution in [-0.4, -0.2) is 12.3 Å². The summed E-state index contributed by atoms with van der Waals surface area (Å²) < 4.78 is 0. The minimum atomic E-state index is -0.0604. The van der Waals surface area contributed by atoms with Gasteiger partial charge in [0.1, 0.15) is 0 Å². The third-order valence-corrected chi connectivity index (χ3v) is 13.1. The Labute approximate surface area is 309 Å². The zero-order valence-electron chi connectivity index (χ0n) is 31.0. The topological polar surface area (TPSA) is 9.72 Å². The molecule has 0 amide bonds. The van der Waals surface area contributed by atoms with Gasteiger partial charge >= 0.3 is 0 Å². The Hall–Kier alpha value is -5.22. The number of anilines is 8. The summed E-state index contributed by atoms with van der Waals surface area (Å²) in [5.41, 5.74) is 17.3. The predicted octanol–water partition coefficient (Wildman–Crippen LogP) is 10.8. The summed E-state index contributed by atoms with van der Waals surface area (Å²) in [4.78, 5) is 7.85. The van der Waals surface area contributed by atoms with E-state index in [9.17, 15) is 0 Å². The number of para-hydroxylation sites is 4. The molecule has 6 aromatic carbocycles. The van der Waals surface area contributed by atoms with Gasteiger partial charge in [0.15, 0.2) is 0 Å². The Morgan fingerprint density at radius 3 is 1.87 bits per heavy atom. The van der Waals surface area contributed by atoms with Gasteiger partial charge in [-0.25, -0.2) is 0 Å². The van der Waals surface area contributed by atoms with Crippen LogP contribution in [0.1, 0.15) is 71.4 Å². The van der Waals surface area contributed by atoms with Crippen molar-refractivity contribution in [3.63, 3.8) is 0 Å². The molecule has 0 bridgehead atoms. The lowest BCUT2D eigenvalue weighted by molar-refractivity contribution is 0.195. The molecule has 1 fully saturated rings. The number of hydrogen-bond acceptors (Lipinski definition) is 3. The second-order valence-electron chi connectivity index (χ2n) is 16.9. The van der Waals surface area contributed by atoms with Crippen LogP contribution in [0.5, 0.6) is 0 Å². The highest BCUT2D eigenvalue weighted by Gasteiger charge is 2.61. The van der Waals surface area contributed by atoms with Crippen molar-refractivity contribution in [3.05, 3.63) is 151 Å². The molecule has 256 valence electrons. The van der Waals surface area contributed by atoms with Crippen molar-refractivity contribution >= 4 is 68.6 Å². The fraction of sp³-hybridized carbons (Fsp3) is 0.250. The van der Waals surface area contributed by atoms with E-state index < -0.39 is 0 Å². The van der Waals surface area contributed by atoms with Crippen LogP contribution < -0.4 is 31.1 Å². The standard InChI is InChI=1S/C48H46BN3/c1-46(2,3)33-29-38-45-40(30-33)49-39-25-15-16-26-41(39)51(36-23-13-8-14-24-36)42-31-37(50(34-19-9-6-10-20-34)35-21-11-7-12-22-35)32-43(44(42)49)52(45)48(5)28-18-17-27-47(38,48)4/h6-16,19-26,29-32H,17-18,27-28H2,1-5H3. The summed E-state index contributed by atoms with van der Waals surface area (Å²) in [5.74, 6) is 0. The van der Waals surface area contributed by atoms with Gasteiger partial charge in [0, 0.05) is 45.2 Å². The number of rotatable bonds is 4. The second-order valence-corrected chi connectivity index (χ2v) is 16.9. The molecule has 4 aliphatic rings. The molecule has 1 aliphatic carbocycles. The second kappa shape index (κ2) is 11.1. The quantitative estimate of drug-likeness (QED) is 0.172. The molecule has 3 heterocycles. The summed E-state index contributed by atoms with van der Waals surface area (Å²) in [6.45, 7) is 12.5. The first-order chi connectivity index (χ1) is 25.2. The Morgan fingerprint density at radius 2 is 1.19 bits per heavy atom. The Morgan fingerprint density at radius 1 is 0.596 bits per heavy atom. The molecule has 10 rings (SSSR count). The predicted molar refractivity (Wildman–Crippen MR) is 222 cm³/mol. The highest BCUT2D eigenvalue weighted by molar-refractivity contribution is 7.00. The largest absolute Gasteiger partial charge is 0.335 e. The first-order valence-electron chi connectivity index (χ1n) is 19.2. The lowest BCUT2D eigenvalue weighted by Crippen LogP contribution is -2.64. The highest BCUT2D eigenvalue weighted by atomic mass is 15.3. The maximum Gasteiger partial charge on any atom is 0.252 e. The van der Waals surface area contributed by atoms with Crippen molar-refractivity contribution < 1.29 is 0 Å². The third kappa shape index (κ3) is 4.27. The van der Waals surface area contributed by atoms with Gasteiger partial charge in [0.05, 0.1) is 11.2 Å². The van der Waals surface area contributed by atoms with Crippen LogP contribution >= 0.6 is 0 Å². The number of hydrogen-bond donors (Lipinski definition) is 0.